The maximum absolute atomic E-state index is 12.9. The fourth-order valence-corrected chi connectivity index (χ4v) is 5.45. The van der Waals surface area contributed by atoms with Gasteiger partial charge < -0.3 is 19.9 Å². The Kier molecular flexibility index (Phi) is 6.68. The summed E-state index contributed by atoms with van der Waals surface area (Å²) >= 11 is 0. The van der Waals surface area contributed by atoms with E-state index in [-0.39, 0.29) is 29.7 Å². The molecule has 1 atom stereocenters. The van der Waals surface area contributed by atoms with Crippen LogP contribution in [-0.4, -0.2) is 76.3 Å². The molecule has 2 saturated heterocycles. The number of rotatable bonds is 6. The van der Waals surface area contributed by atoms with Crippen LogP contribution in [0.25, 0.3) is 0 Å². The van der Waals surface area contributed by atoms with E-state index in [1.165, 1.54) is 16.4 Å². The number of sulfonamides is 1. The molecular weight excluding hydrogens is 444 g/mol. The minimum atomic E-state index is -3.56. The van der Waals surface area contributed by atoms with Gasteiger partial charge in [0, 0.05) is 50.5 Å². The summed E-state index contributed by atoms with van der Waals surface area (Å²) < 4.78 is 32.3. The van der Waals surface area contributed by atoms with Crippen LogP contribution >= 0.6 is 0 Å². The highest BCUT2D eigenvalue weighted by Crippen LogP contribution is 2.28. The van der Waals surface area contributed by atoms with Crippen molar-refractivity contribution in [1.82, 2.24) is 9.21 Å². The lowest BCUT2D eigenvalue weighted by Crippen LogP contribution is -2.46. The van der Waals surface area contributed by atoms with Crippen LogP contribution in [-0.2, 0) is 19.6 Å². The number of carbonyl (C=O) groups excluding carboxylic acids is 2. The van der Waals surface area contributed by atoms with Gasteiger partial charge in [0.2, 0.25) is 21.8 Å². The van der Waals surface area contributed by atoms with Crippen molar-refractivity contribution in [3.8, 4) is 5.75 Å². The molecule has 2 heterocycles. The number of piperazine rings is 1. The highest BCUT2D eigenvalue weighted by molar-refractivity contribution is 7.89. The van der Waals surface area contributed by atoms with Gasteiger partial charge in [-0.05, 0) is 55.6 Å². The standard InChI is InChI=1S/C23H28N4O5S/c1-25-11-13-26(14-12-25)33(30,31)21-9-3-18(4-10-21)24-23(29)17-15-22(28)27(16-17)19-5-7-20(32-2)8-6-19/h3-10,17H,11-16H2,1-2H3,(H,24,29). The topological polar surface area (TPSA) is 99.3 Å². The number of methoxy groups -OCH3 is 1. The number of hydrogen-bond donors (Lipinski definition) is 1. The number of benzene rings is 2. The lowest BCUT2D eigenvalue weighted by molar-refractivity contribution is -0.122. The Balaban J connectivity index is 1.38. The van der Waals surface area contributed by atoms with E-state index >= 15 is 0 Å². The number of nitrogens with zero attached hydrogens (tertiary/aromatic N) is 3. The predicted molar refractivity (Wildman–Crippen MR) is 125 cm³/mol. The maximum Gasteiger partial charge on any atom is 0.243 e. The number of hydrogen-bond acceptors (Lipinski definition) is 6. The van der Waals surface area contributed by atoms with Gasteiger partial charge in [0.05, 0.1) is 17.9 Å². The molecule has 0 bridgehead atoms. The van der Waals surface area contributed by atoms with E-state index in [0.717, 1.165) is 5.69 Å². The number of ether oxygens (including phenoxy) is 1. The molecule has 2 aromatic rings. The van der Waals surface area contributed by atoms with E-state index < -0.39 is 15.9 Å². The Labute approximate surface area is 194 Å². The van der Waals surface area contributed by atoms with Crippen LogP contribution < -0.4 is 15.0 Å². The predicted octanol–water partition coefficient (Wildman–Crippen LogP) is 1.62. The van der Waals surface area contributed by atoms with E-state index in [9.17, 15) is 18.0 Å². The molecule has 2 aliphatic rings. The maximum atomic E-state index is 12.9. The van der Waals surface area contributed by atoms with E-state index in [0.29, 0.717) is 37.6 Å². The lowest BCUT2D eigenvalue weighted by atomic mass is 10.1. The first-order valence-corrected chi connectivity index (χ1v) is 12.3. The number of amides is 2. The van der Waals surface area contributed by atoms with Gasteiger partial charge in [-0.3, -0.25) is 9.59 Å². The second-order valence-corrected chi connectivity index (χ2v) is 10.3. The van der Waals surface area contributed by atoms with Crippen LogP contribution in [0.2, 0.25) is 0 Å². The molecule has 10 heteroatoms. The van der Waals surface area contributed by atoms with E-state index in [2.05, 4.69) is 10.2 Å². The van der Waals surface area contributed by atoms with Crippen LogP contribution in [0.5, 0.6) is 5.75 Å². The monoisotopic (exact) mass is 472 g/mol. The second kappa shape index (κ2) is 9.50. The summed E-state index contributed by atoms with van der Waals surface area (Å²) in [4.78, 5) is 29.1. The molecule has 0 aromatic heterocycles. The minimum absolute atomic E-state index is 0.117. The van der Waals surface area contributed by atoms with E-state index in [1.807, 2.05) is 7.05 Å². The van der Waals surface area contributed by atoms with E-state index in [1.54, 1.807) is 48.4 Å². The fourth-order valence-electron chi connectivity index (χ4n) is 4.03. The summed E-state index contributed by atoms with van der Waals surface area (Å²) in [5.41, 5.74) is 1.21. The third-order valence-electron chi connectivity index (χ3n) is 6.10. The molecule has 1 unspecified atom stereocenters. The quantitative estimate of drug-likeness (QED) is 0.686. The van der Waals surface area contributed by atoms with Crippen molar-refractivity contribution in [2.24, 2.45) is 5.92 Å². The average Bonchev–Trinajstić information content (AvgIpc) is 3.21. The Morgan fingerprint density at radius 2 is 1.64 bits per heavy atom. The zero-order valence-corrected chi connectivity index (χ0v) is 19.5. The smallest absolute Gasteiger partial charge is 0.243 e. The molecule has 2 aromatic carbocycles. The summed E-state index contributed by atoms with van der Waals surface area (Å²) in [6.45, 7) is 2.59. The SMILES string of the molecule is COc1ccc(N2CC(C(=O)Nc3ccc(S(=O)(=O)N4CCN(C)CC4)cc3)CC2=O)cc1. The first-order chi connectivity index (χ1) is 15.8. The normalized spacial score (nSPS) is 20.1. The first-order valence-electron chi connectivity index (χ1n) is 10.8. The van der Waals surface area contributed by atoms with E-state index in [4.69, 9.17) is 4.74 Å². The molecule has 2 fully saturated rings. The summed E-state index contributed by atoms with van der Waals surface area (Å²) in [7, 11) is -0.0209. The van der Waals surface area contributed by atoms with Crippen LogP contribution in [0.1, 0.15) is 6.42 Å². The molecular formula is C23H28N4O5S. The number of nitrogens with one attached hydrogen (secondary N) is 1. The Morgan fingerprint density at radius 3 is 2.24 bits per heavy atom. The third kappa shape index (κ3) is 5.02. The van der Waals surface area contributed by atoms with Crippen LogP contribution in [0.4, 0.5) is 11.4 Å². The Bertz CT molecular complexity index is 1110. The number of anilines is 2. The van der Waals surface area contributed by atoms with Gasteiger partial charge in [-0.25, -0.2) is 8.42 Å². The van der Waals surface area contributed by atoms with Crippen LogP contribution in [0, 0.1) is 5.92 Å². The Morgan fingerprint density at radius 1 is 1.00 bits per heavy atom. The number of likely N-dealkylation sites (N-methyl/N-ethyl adjacent to an activating group) is 1. The average molecular weight is 473 g/mol. The van der Waals surface area contributed by atoms with Crippen molar-refractivity contribution in [3.05, 3.63) is 48.5 Å². The summed E-state index contributed by atoms with van der Waals surface area (Å²) in [5.74, 6) is -0.186. The molecule has 0 radical (unpaired) electrons. The van der Waals surface area contributed by atoms with Crippen molar-refractivity contribution in [1.29, 1.82) is 0 Å². The molecule has 0 aliphatic carbocycles. The zero-order chi connectivity index (χ0) is 23.6. The highest BCUT2D eigenvalue weighted by atomic mass is 32.2. The summed E-state index contributed by atoms with van der Waals surface area (Å²) in [6.07, 6.45) is 0.119. The van der Waals surface area contributed by atoms with Gasteiger partial charge >= 0.3 is 0 Å². The van der Waals surface area contributed by atoms with Crippen molar-refractivity contribution in [2.45, 2.75) is 11.3 Å². The molecule has 2 aliphatic heterocycles. The minimum Gasteiger partial charge on any atom is -0.497 e. The van der Waals surface area contributed by atoms with Crippen molar-refractivity contribution < 1.29 is 22.7 Å². The van der Waals surface area contributed by atoms with Crippen molar-refractivity contribution in [3.63, 3.8) is 0 Å². The molecule has 4 rings (SSSR count). The number of carbonyl (C=O) groups is 2. The van der Waals surface area contributed by atoms with Crippen LogP contribution in [0.3, 0.4) is 0 Å². The van der Waals surface area contributed by atoms with Crippen molar-refractivity contribution in [2.75, 3.05) is 57.1 Å². The van der Waals surface area contributed by atoms with Gasteiger partial charge in [-0.1, -0.05) is 0 Å². The lowest BCUT2D eigenvalue weighted by Gasteiger charge is -2.31. The van der Waals surface area contributed by atoms with Crippen molar-refractivity contribution >= 4 is 33.2 Å². The van der Waals surface area contributed by atoms with Gasteiger partial charge in [-0.2, -0.15) is 4.31 Å². The fraction of sp³-hybridized carbons (Fsp3) is 0.391. The molecule has 1 N–H and O–H groups in total. The van der Waals surface area contributed by atoms with Crippen LogP contribution in [0.15, 0.2) is 53.4 Å². The molecule has 0 spiro atoms. The first kappa shape index (κ1) is 23.2. The molecule has 2 amide bonds. The molecule has 9 nitrogen and oxygen atoms in total. The third-order valence-corrected chi connectivity index (χ3v) is 8.01. The molecule has 0 saturated carbocycles. The highest BCUT2D eigenvalue weighted by Gasteiger charge is 2.35. The van der Waals surface area contributed by atoms with Gasteiger partial charge in [0.25, 0.3) is 0 Å². The van der Waals surface area contributed by atoms with Gasteiger partial charge in [-0.15, -0.1) is 0 Å². The second-order valence-electron chi connectivity index (χ2n) is 8.32. The zero-order valence-electron chi connectivity index (χ0n) is 18.7. The van der Waals surface area contributed by atoms with Gasteiger partial charge in [0.15, 0.2) is 0 Å². The molecule has 33 heavy (non-hydrogen) atoms. The molecule has 176 valence electrons. The summed E-state index contributed by atoms with van der Waals surface area (Å²) in [5, 5.41) is 2.81. The van der Waals surface area contributed by atoms with Gasteiger partial charge in [0.1, 0.15) is 5.75 Å². The largest absolute Gasteiger partial charge is 0.497 e. The Hall–Kier alpha value is -2.95. The summed E-state index contributed by atoms with van der Waals surface area (Å²) in [6, 6.07) is 13.3.